The van der Waals surface area contributed by atoms with Crippen LogP contribution in [0.2, 0.25) is 0 Å². The number of unbranched alkanes of at least 4 members (excludes halogenated alkanes) is 2. The Hall–Kier alpha value is -3.69. The number of ether oxygens (including phenoxy) is 7. The van der Waals surface area contributed by atoms with E-state index in [9.17, 15) is 48.8 Å². The molecule has 0 radical (unpaired) electrons. The smallest absolute Gasteiger partial charge is 0.303 e. The number of aliphatic carboxylic acids is 1. The third-order valence-electron chi connectivity index (χ3n) is 12.1. The van der Waals surface area contributed by atoms with Gasteiger partial charge < -0.3 is 43.2 Å². The third-order valence-corrected chi connectivity index (χ3v) is 14.6. The molecule has 0 spiro atoms. The van der Waals surface area contributed by atoms with E-state index in [-0.39, 0.29) is 55.5 Å². The lowest BCUT2D eigenvalue weighted by atomic mass is 9.75. The van der Waals surface area contributed by atoms with Crippen molar-refractivity contribution in [1.82, 2.24) is 0 Å². The molecule has 2 aliphatic heterocycles. The summed E-state index contributed by atoms with van der Waals surface area (Å²) in [5, 5.41) is 9.22. The number of nitrogens with zero attached hydrogens (tertiary/aromatic N) is 2. The lowest BCUT2D eigenvalue weighted by molar-refractivity contribution is -0.438. The lowest BCUT2D eigenvalue weighted by Gasteiger charge is -2.30. The van der Waals surface area contributed by atoms with Gasteiger partial charge >= 0.3 is 5.97 Å². The average Bonchev–Trinajstić information content (AvgIpc) is 3.64. The fourth-order valence-electron chi connectivity index (χ4n) is 8.54. The molecular weight excluding hydrogens is 965 g/mol. The first kappa shape index (κ1) is 57.9. The van der Waals surface area contributed by atoms with Crippen LogP contribution in [0.5, 0.6) is 0 Å². The summed E-state index contributed by atoms with van der Waals surface area (Å²) in [7, 11) is -10.4. The molecule has 2 unspecified atom stereocenters. The molecule has 0 saturated heterocycles. The summed E-state index contributed by atoms with van der Waals surface area (Å²) in [6, 6.07) is 8.62. The summed E-state index contributed by atoms with van der Waals surface area (Å²) in [4.78, 5) is 12.6. The molecule has 0 aromatic heterocycles. The van der Waals surface area contributed by atoms with Crippen LogP contribution < -0.4 is 4.90 Å². The van der Waals surface area contributed by atoms with Gasteiger partial charge in [0.25, 0.3) is 30.4 Å². The first-order valence-electron chi connectivity index (χ1n) is 22.8. The Labute approximate surface area is 406 Å². The Morgan fingerprint density at radius 1 is 0.652 bits per heavy atom. The fourth-order valence-corrected chi connectivity index (χ4v) is 10.1. The van der Waals surface area contributed by atoms with Crippen molar-refractivity contribution in [3.63, 3.8) is 0 Å². The molecule has 4 rings (SSSR count). The van der Waals surface area contributed by atoms with Crippen molar-refractivity contribution in [2.75, 3.05) is 117 Å². The largest absolute Gasteiger partial charge is 0.481 e. The minimum absolute atomic E-state index is 0.00856. The molecule has 2 atom stereocenters. The zero-order valence-corrected chi connectivity index (χ0v) is 42.3. The number of carboxylic acid groups (broad SMARTS) is 1. The van der Waals surface area contributed by atoms with Gasteiger partial charge in [0, 0.05) is 74.7 Å². The number of fused-ring (bicyclic) bond motifs is 2. The minimum atomic E-state index is -4.65. The van der Waals surface area contributed by atoms with Gasteiger partial charge in [0.05, 0.1) is 93.6 Å². The van der Waals surface area contributed by atoms with Gasteiger partial charge in [0.1, 0.15) is 6.54 Å². The van der Waals surface area contributed by atoms with Crippen LogP contribution in [-0.2, 0) is 79.1 Å². The number of allylic oxidation sites excluding steroid dienone is 4. The Balaban J connectivity index is 1.63. The van der Waals surface area contributed by atoms with Gasteiger partial charge in [-0.1, -0.05) is 6.08 Å². The van der Waals surface area contributed by atoms with Crippen molar-refractivity contribution >= 4 is 53.4 Å². The number of hydrogen-bond acceptors (Lipinski definition) is 15. The topological polar surface area (TPSA) is 271 Å². The van der Waals surface area contributed by atoms with Gasteiger partial charge in [-0.3, -0.25) is 18.5 Å². The van der Waals surface area contributed by atoms with Gasteiger partial charge in [-0.05, 0) is 87.9 Å². The van der Waals surface area contributed by atoms with Crippen LogP contribution in [0, 0.1) is 0 Å². The third kappa shape index (κ3) is 17.3. The van der Waals surface area contributed by atoms with Crippen molar-refractivity contribution < 1.29 is 86.5 Å². The molecule has 4 N–H and O–H groups in total. The highest BCUT2D eigenvalue weighted by Crippen LogP contribution is 2.51. The van der Waals surface area contributed by atoms with E-state index >= 15 is 0 Å². The van der Waals surface area contributed by atoms with Gasteiger partial charge in [-0.15, -0.1) is 0 Å². The molecule has 2 aromatic carbocycles. The van der Waals surface area contributed by atoms with Crippen LogP contribution in [0.1, 0.15) is 69.9 Å². The molecule has 0 aliphatic carbocycles. The zero-order chi connectivity index (χ0) is 50.7. The predicted octanol–water partition coefficient (Wildman–Crippen LogP) is 4.83. The maximum atomic E-state index is 12.5. The first-order chi connectivity index (χ1) is 32.7. The van der Waals surface area contributed by atoms with Gasteiger partial charge in [-0.2, -0.15) is 29.8 Å². The Kier molecular flexibility index (Phi) is 22.8. The SMILES string of the molecule is COCCOCCOCCOCCOCCOCCC1(C)/C(=C\C=C\C2=[N+](CCCCCC(=O)O)c3ccc(S(=O)(=O)O)cc3C2(C)CCCS(=O)(=O)O)N(CCOC)c2ccc(S(=O)(=O)O)cc21. The van der Waals surface area contributed by atoms with Crippen LogP contribution in [0.25, 0.3) is 0 Å². The lowest BCUT2D eigenvalue weighted by Crippen LogP contribution is -2.33. The van der Waals surface area contributed by atoms with Crippen molar-refractivity contribution in [3.05, 3.63) is 71.5 Å². The highest BCUT2D eigenvalue weighted by atomic mass is 32.2. The first-order valence-corrected chi connectivity index (χ1v) is 27.2. The van der Waals surface area contributed by atoms with Gasteiger partial charge in [0.15, 0.2) is 5.71 Å². The number of hydrogen-bond donors (Lipinski definition) is 4. The van der Waals surface area contributed by atoms with Gasteiger partial charge in [0.2, 0.25) is 5.69 Å². The zero-order valence-electron chi connectivity index (χ0n) is 39.9. The summed E-state index contributed by atoms with van der Waals surface area (Å²) in [6.45, 7) is 9.04. The second kappa shape index (κ2) is 27.2. The molecule has 2 heterocycles. The Bertz CT molecular complexity index is 2440. The maximum absolute atomic E-state index is 12.5. The van der Waals surface area contributed by atoms with Crippen molar-refractivity contribution in [3.8, 4) is 0 Å². The van der Waals surface area contributed by atoms with E-state index in [1.807, 2.05) is 35.5 Å². The number of carboxylic acids is 1. The van der Waals surface area contributed by atoms with Crippen molar-refractivity contribution in [2.45, 2.75) is 79.4 Å². The number of benzene rings is 2. The number of rotatable bonds is 35. The predicted molar refractivity (Wildman–Crippen MR) is 256 cm³/mol. The summed E-state index contributed by atoms with van der Waals surface area (Å²) in [5.74, 6) is -1.48. The summed E-state index contributed by atoms with van der Waals surface area (Å²) >= 11 is 0. The Morgan fingerprint density at radius 2 is 1.19 bits per heavy atom. The second-order valence-corrected chi connectivity index (χ2v) is 21.4. The minimum Gasteiger partial charge on any atom is -0.481 e. The van der Waals surface area contributed by atoms with Crippen LogP contribution in [0.4, 0.5) is 11.4 Å². The van der Waals surface area contributed by atoms with E-state index in [4.69, 9.17) is 33.2 Å². The molecular formula is C46H69N2O18S3+. The standard InChI is InChI=1S/C46H68N2O18S3/c1-45(17-9-33-67(51,52)53)38-34-36(68(54,55)56)13-15-40(38)47(19-7-5-6-12-44(49)50)42(45)10-8-11-43-46(2,39-35-37(69(57,58)59)14-16-41(39)48(43)20-22-60-3)18-21-62-25-26-64-29-30-66-32-31-65-28-27-63-24-23-61-4/h8,10-11,13-16,34-35H,5-7,9,12,17-33H2,1-4H3,(H3-,49,50,51,52,53,54,55,56,57,58,59)/p+1. The Morgan fingerprint density at radius 3 is 1.72 bits per heavy atom. The molecule has 2 aliphatic rings. The molecule has 0 bridgehead atoms. The molecule has 20 nitrogen and oxygen atoms in total. The molecule has 388 valence electrons. The fraction of sp³-hybridized carbons (Fsp3) is 0.609. The van der Waals surface area contributed by atoms with E-state index < -0.39 is 52.9 Å². The molecule has 0 saturated carbocycles. The summed E-state index contributed by atoms with van der Waals surface area (Å²) in [5.41, 5.74) is 1.81. The maximum Gasteiger partial charge on any atom is 0.303 e. The van der Waals surface area contributed by atoms with E-state index in [1.54, 1.807) is 32.4 Å². The molecule has 69 heavy (non-hydrogen) atoms. The quantitative estimate of drug-likeness (QED) is 0.0409. The van der Waals surface area contributed by atoms with E-state index in [1.165, 1.54) is 24.3 Å². The number of carbonyl (C=O) groups is 1. The van der Waals surface area contributed by atoms with Crippen molar-refractivity contribution in [2.24, 2.45) is 0 Å². The van der Waals surface area contributed by atoms with E-state index in [0.717, 1.165) is 5.70 Å². The summed E-state index contributed by atoms with van der Waals surface area (Å²) < 4.78 is 144. The van der Waals surface area contributed by atoms with Crippen LogP contribution in [0.15, 0.2) is 70.1 Å². The highest BCUT2D eigenvalue weighted by Gasteiger charge is 2.48. The molecule has 23 heteroatoms. The van der Waals surface area contributed by atoms with Crippen LogP contribution in [-0.4, -0.2) is 173 Å². The average molecular weight is 1030 g/mol. The number of methoxy groups -OCH3 is 2. The van der Waals surface area contributed by atoms with Crippen LogP contribution in [0.3, 0.4) is 0 Å². The number of anilines is 1. The summed E-state index contributed by atoms with van der Waals surface area (Å²) in [6.07, 6.45) is 7.50. The van der Waals surface area contributed by atoms with Crippen molar-refractivity contribution in [1.29, 1.82) is 0 Å². The monoisotopic (exact) mass is 1030 g/mol. The van der Waals surface area contributed by atoms with E-state index in [0.29, 0.717) is 120 Å². The highest BCUT2D eigenvalue weighted by molar-refractivity contribution is 7.86. The molecule has 0 fully saturated rings. The second-order valence-electron chi connectivity index (χ2n) is 17.0. The molecule has 0 amide bonds. The van der Waals surface area contributed by atoms with E-state index in [2.05, 4.69) is 0 Å². The normalized spacial score (nSPS) is 19.1. The van der Waals surface area contributed by atoms with Gasteiger partial charge in [-0.25, -0.2) is 0 Å². The molecule has 2 aromatic rings. The van der Waals surface area contributed by atoms with Crippen LogP contribution >= 0.6 is 0 Å².